The van der Waals surface area contributed by atoms with E-state index in [2.05, 4.69) is 15.0 Å². The normalized spacial score (nSPS) is 17.6. The molecular weight excluding hydrogens is 325 g/mol. The van der Waals surface area contributed by atoms with Gasteiger partial charge in [-0.2, -0.15) is 13.2 Å². The molecule has 136 valence electrons. The molecule has 8 heteroatoms. The Morgan fingerprint density at radius 3 is 2.71 bits per heavy atom. The van der Waals surface area contributed by atoms with Crippen LogP contribution in [0.5, 0.6) is 0 Å². The molecule has 1 saturated heterocycles. The summed E-state index contributed by atoms with van der Waals surface area (Å²) in [6, 6.07) is 3.62. The van der Waals surface area contributed by atoms with E-state index in [1.807, 2.05) is 6.07 Å². The van der Waals surface area contributed by atoms with E-state index < -0.39 is 12.8 Å². The SMILES string of the molecule is O=C(CCOCC(F)(F)F)NCC(c1ccco1)N1CCCCC1. The van der Waals surface area contributed by atoms with E-state index in [1.165, 1.54) is 6.42 Å². The molecule has 2 heterocycles. The first kappa shape index (κ1) is 18.8. The molecule has 24 heavy (non-hydrogen) atoms. The molecule has 0 saturated carbocycles. The van der Waals surface area contributed by atoms with Gasteiger partial charge in [-0.15, -0.1) is 0 Å². The maximum absolute atomic E-state index is 12.0. The van der Waals surface area contributed by atoms with Gasteiger partial charge in [-0.3, -0.25) is 9.69 Å². The minimum atomic E-state index is -4.37. The second-order valence-corrected chi connectivity index (χ2v) is 5.85. The van der Waals surface area contributed by atoms with Crippen molar-refractivity contribution < 1.29 is 27.1 Å². The molecule has 5 nitrogen and oxygen atoms in total. The zero-order chi connectivity index (χ0) is 17.4. The number of ether oxygens (including phenoxy) is 1. The van der Waals surface area contributed by atoms with Crippen molar-refractivity contribution in [1.82, 2.24) is 10.2 Å². The van der Waals surface area contributed by atoms with Crippen LogP contribution in [0.15, 0.2) is 22.8 Å². The Hall–Kier alpha value is -1.54. The smallest absolute Gasteiger partial charge is 0.411 e. The van der Waals surface area contributed by atoms with Gasteiger partial charge in [0.1, 0.15) is 12.4 Å². The molecule has 0 aromatic carbocycles. The lowest BCUT2D eigenvalue weighted by molar-refractivity contribution is -0.174. The van der Waals surface area contributed by atoms with Crippen molar-refractivity contribution in [1.29, 1.82) is 0 Å². The van der Waals surface area contributed by atoms with Crippen LogP contribution >= 0.6 is 0 Å². The average Bonchev–Trinajstić information content (AvgIpc) is 3.06. The molecule has 1 aliphatic rings. The van der Waals surface area contributed by atoms with Crippen molar-refractivity contribution in [3.8, 4) is 0 Å². The largest absolute Gasteiger partial charge is 0.468 e. The fourth-order valence-corrected chi connectivity index (χ4v) is 2.77. The standard InChI is InChI=1S/C16H23F3N2O3/c17-16(18,19)12-23-10-6-15(22)20-11-13(14-5-4-9-24-14)21-7-2-1-3-8-21/h4-5,9,13H,1-3,6-8,10-12H2,(H,20,22). The van der Waals surface area contributed by atoms with Crippen LogP contribution in [0.3, 0.4) is 0 Å². The molecule has 1 atom stereocenters. The van der Waals surface area contributed by atoms with Crippen LogP contribution < -0.4 is 5.32 Å². The number of piperidine rings is 1. The van der Waals surface area contributed by atoms with E-state index >= 15 is 0 Å². The zero-order valence-corrected chi connectivity index (χ0v) is 13.5. The maximum Gasteiger partial charge on any atom is 0.411 e. The summed E-state index contributed by atoms with van der Waals surface area (Å²) in [5.74, 6) is 0.455. The molecule has 1 aromatic rings. The number of carbonyl (C=O) groups excluding carboxylic acids is 1. The molecule has 1 aliphatic heterocycles. The molecule has 1 amide bonds. The molecule has 1 aromatic heterocycles. The highest BCUT2D eigenvalue weighted by Gasteiger charge is 2.27. The first-order valence-corrected chi connectivity index (χ1v) is 8.14. The first-order valence-electron chi connectivity index (χ1n) is 8.14. The summed E-state index contributed by atoms with van der Waals surface area (Å²) < 4.78 is 45.8. The molecule has 1 unspecified atom stereocenters. The van der Waals surface area contributed by atoms with Gasteiger partial charge in [0.25, 0.3) is 0 Å². The van der Waals surface area contributed by atoms with Crippen molar-refractivity contribution in [3.05, 3.63) is 24.2 Å². The summed E-state index contributed by atoms with van der Waals surface area (Å²) in [6.07, 6.45) is 0.548. The van der Waals surface area contributed by atoms with Gasteiger partial charge in [0.05, 0.1) is 18.9 Å². The minimum Gasteiger partial charge on any atom is -0.468 e. The zero-order valence-electron chi connectivity index (χ0n) is 13.5. The van der Waals surface area contributed by atoms with Crippen LogP contribution in [0.1, 0.15) is 37.5 Å². The third-order valence-corrected chi connectivity index (χ3v) is 3.93. The second-order valence-electron chi connectivity index (χ2n) is 5.85. The van der Waals surface area contributed by atoms with Crippen LogP contribution in [0.2, 0.25) is 0 Å². The quantitative estimate of drug-likeness (QED) is 0.734. The lowest BCUT2D eigenvalue weighted by Crippen LogP contribution is -2.40. The summed E-state index contributed by atoms with van der Waals surface area (Å²) in [5, 5.41) is 2.76. The summed E-state index contributed by atoms with van der Waals surface area (Å²) >= 11 is 0. The number of carbonyl (C=O) groups is 1. The molecular formula is C16H23F3N2O3. The number of amides is 1. The van der Waals surface area contributed by atoms with Crippen LogP contribution in [-0.4, -0.2) is 49.8 Å². The van der Waals surface area contributed by atoms with Crippen molar-refractivity contribution >= 4 is 5.91 Å². The number of hydrogen-bond donors (Lipinski definition) is 1. The Labute approximate surface area is 139 Å². The average molecular weight is 348 g/mol. The molecule has 0 radical (unpaired) electrons. The van der Waals surface area contributed by atoms with Crippen molar-refractivity contribution in [3.63, 3.8) is 0 Å². The van der Waals surface area contributed by atoms with E-state index in [4.69, 9.17) is 4.42 Å². The minimum absolute atomic E-state index is 0.0552. The first-order chi connectivity index (χ1) is 11.5. The Bertz CT molecular complexity index is 485. The number of halogens is 3. The second kappa shape index (κ2) is 9.08. The van der Waals surface area contributed by atoms with E-state index in [9.17, 15) is 18.0 Å². The topological polar surface area (TPSA) is 54.7 Å². The molecule has 0 aliphatic carbocycles. The van der Waals surface area contributed by atoms with Crippen molar-refractivity contribution in [2.45, 2.75) is 37.9 Å². The Kier molecular flexibility index (Phi) is 7.11. The molecule has 0 spiro atoms. The summed E-state index contributed by atoms with van der Waals surface area (Å²) in [4.78, 5) is 14.1. The van der Waals surface area contributed by atoms with Crippen LogP contribution in [0, 0.1) is 0 Å². The lowest BCUT2D eigenvalue weighted by atomic mass is 10.1. The van der Waals surface area contributed by atoms with Gasteiger partial charge in [-0.1, -0.05) is 6.42 Å². The van der Waals surface area contributed by atoms with E-state index in [1.54, 1.807) is 12.3 Å². The number of hydrogen-bond acceptors (Lipinski definition) is 4. The third kappa shape index (κ3) is 6.52. The predicted molar refractivity (Wildman–Crippen MR) is 81.4 cm³/mol. The van der Waals surface area contributed by atoms with Crippen molar-refractivity contribution in [2.24, 2.45) is 0 Å². The lowest BCUT2D eigenvalue weighted by Gasteiger charge is -2.33. The van der Waals surface area contributed by atoms with Gasteiger partial charge < -0.3 is 14.5 Å². The van der Waals surface area contributed by atoms with Crippen LogP contribution in [-0.2, 0) is 9.53 Å². The number of nitrogens with one attached hydrogen (secondary N) is 1. The molecule has 0 bridgehead atoms. The predicted octanol–water partition coefficient (Wildman–Crippen LogP) is 2.89. The van der Waals surface area contributed by atoms with E-state index in [-0.39, 0.29) is 25.0 Å². The van der Waals surface area contributed by atoms with Gasteiger partial charge in [0.15, 0.2) is 0 Å². The molecule has 1 N–H and O–H groups in total. The Morgan fingerprint density at radius 1 is 1.33 bits per heavy atom. The summed E-state index contributed by atoms with van der Waals surface area (Å²) in [5.41, 5.74) is 0. The molecule has 1 fully saturated rings. The van der Waals surface area contributed by atoms with Gasteiger partial charge in [0, 0.05) is 13.0 Å². The van der Waals surface area contributed by atoms with Gasteiger partial charge in [0.2, 0.25) is 5.91 Å². The van der Waals surface area contributed by atoms with E-state index in [0.29, 0.717) is 6.54 Å². The van der Waals surface area contributed by atoms with Gasteiger partial charge >= 0.3 is 6.18 Å². The number of alkyl halides is 3. The Balaban J connectivity index is 1.76. The summed E-state index contributed by atoms with van der Waals surface area (Å²) in [6.45, 7) is 0.668. The summed E-state index contributed by atoms with van der Waals surface area (Å²) in [7, 11) is 0. The monoisotopic (exact) mass is 348 g/mol. The van der Waals surface area contributed by atoms with Gasteiger partial charge in [-0.25, -0.2) is 0 Å². The number of furan rings is 1. The van der Waals surface area contributed by atoms with Crippen molar-refractivity contribution in [2.75, 3.05) is 32.8 Å². The highest BCUT2D eigenvalue weighted by molar-refractivity contribution is 5.76. The van der Waals surface area contributed by atoms with E-state index in [0.717, 1.165) is 31.7 Å². The fourth-order valence-electron chi connectivity index (χ4n) is 2.77. The fraction of sp³-hybridized carbons (Fsp3) is 0.688. The van der Waals surface area contributed by atoms with Gasteiger partial charge in [-0.05, 0) is 38.1 Å². The maximum atomic E-state index is 12.0. The van der Waals surface area contributed by atoms with Crippen LogP contribution in [0.4, 0.5) is 13.2 Å². The number of rotatable bonds is 8. The molecule has 2 rings (SSSR count). The number of nitrogens with zero attached hydrogens (tertiary/aromatic N) is 1. The third-order valence-electron chi connectivity index (χ3n) is 3.93. The highest BCUT2D eigenvalue weighted by Crippen LogP contribution is 2.24. The number of likely N-dealkylation sites (tertiary alicyclic amines) is 1. The highest BCUT2D eigenvalue weighted by atomic mass is 19.4. The van der Waals surface area contributed by atoms with Crippen LogP contribution in [0.25, 0.3) is 0 Å². The Morgan fingerprint density at radius 2 is 2.08 bits per heavy atom.